The molecule has 0 saturated heterocycles. The van der Waals surface area contributed by atoms with Crippen molar-refractivity contribution < 1.29 is 4.79 Å². The molecule has 3 nitrogen and oxygen atoms in total. The summed E-state index contributed by atoms with van der Waals surface area (Å²) >= 11 is 0. The molecule has 2 aromatic rings. The molecule has 1 amide bonds. The number of rotatable bonds is 3. The van der Waals surface area contributed by atoms with Crippen LogP contribution in [-0.4, -0.2) is 19.0 Å². The number of nitrogens with zero attached hydrogens (tertiary/aromatic N) is 1. The number of carbonyl (C=O) groups is 1. The number of anilines is 2. The lowest BCUT2D eigenvalue weighted by atomic mass is 9.99. The third-order valence-electron chi connectivity index (χ3n) is 3.87. The Hall–Kier alpha value is -2.00. The zero-order valence-electron chi connectivity index (χ0n) is 12.7. The second-order valence-electron chi connectivity index (χ2n) is 5.50. The summed E-state index contributed by atoms with van der Waals surface area (Å²) < 4.78 is 0. The van der Waals surface area contributed by atoms with E-state index in [1.807, 2.05) is 35.2 Å². The van der Waals surface area contributed by atoms with E-state index in [-0.39, 0.29) is 18.3 Å². The molecule has 1 aliphatic heterocycles. The minimum absolute atomic E-state index is 0. The maximum Gasteiger partial charge on any atom is 0.246 e. The minimum Gasteiger partial charge on any atom is -0.376 e. The van der Waals surface area contributed by atoms with E-state index in [9.17, 15) is 4.79 Å². The van der Waals surface area contributed by atoms with Crippen molar-refractivity contribution in [1.82, 2.24) is 0 Å². The second-order valence-corrected chi connectivity index (χ2v) is 5.50. The molecule has 0 aromatic heterocycles. The Morgan fingerprint density at radius 2 is 1.95 bits per heavy atom. The Kier molecular flexibility index (Phi) is 5.45. The Labute approximate surface area is 137 Å². The molecule has 3 rings (SSSR count). The van der Waals surface area contributed by atoms with Crippen LogP contribution in [0.3, 0.4) is 0 Å². The first-order valence-corrected chi connectivity index (χ1v) is 7.43. The summed E-state index contributed by atoms with van der Waals surface area (Å²) in [7, 11) is 0. The first-order chi connectivity index (χ1) is 10.2. The van der Waals surface area contributed by atoms with Crippen LogP contribution in [-0.2, 0) is 11.2 Å². The van der Waals surface area contributed by atoms with Gasteiger partial charge in [0.25, 0.3) is 0 Å². The van der Waals surface area contributed by atoms with Crippen molar-refractivity contribution >= 4 is 29.7 Å². The van der Waals surface area contributed by atoms with Crippen molar-refractivity contribution in [2.45, 2.75) is 19.8 Å². The molecule has 0 spiro atoms. The highest BCUT2D eigenvalue weighted by atomic mass is 35.5. The maximum absolute atomic E-state index is 12.5. The Morgan fingerprint density at radius 3 is 2.73 bits per heavy atom. The molecule has 0 unspecified atom stereocenters. The Balaban J connectivity index is 0.00000176. The van der Waals surface area contributed by atoms with Crippen LogP contribution in [0.4, 0.5) is 11.4 Å². The van der Waals surface area contributed by atoms with Crippen LogP contribution in [0.25, 0.3) is 0 Å². The SMILES string of the molecule is Cc1ccc2c(c1)CCCN2C(=O)CNc1ccccc1.Cl. The van der Waals surface area contributed by atoms with E-state index in [1.165, 1.54) is 11.1 Å². The van der Waals surface area contributed by atoms with Crippen LogP contribution >= 0.6 is 12.4 Å². The van der Waals surface area contributed by atoms with E-state index >= 15 is 0 Å². The third-order valence-corrected chi connectivity index (χ3v) is 3.87. The van der Waals surface area contributed by atoms with Gasteiger partial charge in [-0.2, -0.15) is 0 Å². The van der Waals surface area contributed by atoms with Gasteiger partial charge in [-0.25, -0.2) is 0 Å². The molecule has 0 aliphatic carbocycles. The van der Waals surface area contributed by atoms with Gasteiger partial charge >= 0.3 is 0 Å². The van der Waals surface area contributed by atoms with Gasteiger partial charge in [0.15, 0.2) is 0 Å². The molecule has 116 valence electrons. The lowest BCUT2D eigenvalue weighted by Gasteiger charge is -2.30. The van der Waals surface area contributed by atoms with Crippen LogP contribution in [0.1, 0.15) is 17.5 Å². The molecule has 0 bridgehead atoms. The van der Waals surface area contributed by atoms with E-state index in [2.05, 4.69) is 30.4 Å². The molecule has 1 heterocycles. The second kappa shape index (κ2) is 7.32. The van der Waals surface area contributed by atoms with Gasteiger partial charge in [-0.05, 0) is 43.5 Å². The number of para-hydroxylation sites is 1. The highest BCUT2D eigenvalue weighted by Gasteiger charge is 2.22. The van der Waals surface area contributed by atoms with E-state index < -0.39 is 0 Å². The molecule has 22 heavy (non-hydrogen) atoms. The van der Waals surface area contributed by atoms with Crippen molar-refractivity contribution in [2.24, 2.45) is 0 Å². The van der Waals surface area contributed by atoms with Crippen molar-refractivity contribution in [3.05, 3.63) is 59.7 Å². The Morgan fingerprint density at radius 1 is 1.18 bits per heavy atom. The molecule has 0 atom stereocenters. The van der Waals surface area contributed by atoms with Crippen LogP contribution in [0.2, 0.25) is 0 Å². The predicted octanol–water partition coefficient (Wildman–Crippen LogP) is 3.81. The topological polar surface area (TPSA) is 32.3 Å². The van der Waals surface area contributed by atoms with Gasteiger partial charge in [0, 0.05) is 17.9 Å². The Bertz CT molecular complexity index is 643. The fraction of sp³-hybridized carbons (Fsp3) is 0.278. The molecule has 2 aromatic carbocycles. The van der Waals surface area contributed by atoms with Crippen molar-refractivity contribution in [3.63, 3.8) is 0 Å². The summed E-state index contributed by atoms with van der Waals surface area (Å²) in [6.45, 7) is 3.24. The third kappa shape index (κ3) is 3.60. The molecular weight excluding hydrogens is 296 g/mol. The van der Waals surface area contributed by atoms with E-state index in [4.69, 9.17) is 0 Å². The standard InChI is InChI=1S/C18H20N2O.ClH/c1-14-9-10-17-15(12-14)6-5-11-20(17)18(21)13-19-16-7-3-2-4-8-16;/h2-4,7-10,12,19H,5-6,11,13H2,1H3;1H. The molecule has 0 fully saturated rings. The highest BCUT2D eigenvalue weighted by Crippen LogP contribution is 2.28. The summed E-state index contributed by atoms with van der Waals surface area (Å²) in [5.74, 6) is 0.128. The number of benzene rings is 2. The molecule has 1 N–H and O–H groups in total. The fourth-order valence-corrected chi connectivity index (χ4v) is 2.81. The van der Waals surface area contributed by atoms with Crippen molar-refractivity contribution in [2.75, 3.05) is 23.3 Å². The number of halogens is 1. The monoisotopic (exact) mass is 316 g/mol. The summed E-state index contributed by atoms with van der Waals surface area (Å²) in [6.07, 6.45) is 2.10. The number of carbonyl (C=O) groups excluding carboxylic acids is 1. The van der Waals surface area contributed by atoms with Crippen molar-refractivity contribution in [1.29, 1.82) is 0 Å². The smallest absolute Gasteiger partial charge is 0.246 e. The van der Waals surface area contributed by atoms with Gasteiger partial charge in [0.05, 0.1) is 6.54 Å². The zero-order chi connectivity index (χ0) is 14.7. The maximum atomic E-state index is 12.5. The van der Waals surface area contributed by atoms with E-state index in [0.717, 1.165) is 30.8 Å². The predicted molar refractivity (Wildman–Crippen MR) is 94.0 cm³/mol. The largest absolute Gasteiger partial charge is 0.376 e. The number of nitrogens with one attached hydrogen (secondary N) is 1. The average molecular weight is 317 g/mol. The summed E-state index contributed by atoms with van der Waals surface area (Å²) in [4.78, 5) is 14.4. The number of hydrogen-bond acceptors (Lipinski definition) is 2. The van der Waals surface area contributed by atoms with Crippen LogP contribution in [0, 0.1) is 6.92 Å². The number of amides is 1. The van der Waals surface area contributed by atoms with Gasteiger partial charge in [-0.15, -0.1) is 12.4 Å². The van der Waals surface area contributed by atoms with E-state index in [0.29, 0.717) is 6.54 Å². The van der Waals surface area contributed by atoms with Gasteiger partial charge in [-0.1, -0.05) is 35.9 Å². The van der Waals surface area contributed by atoms with Gasteiger partial charge < -0.3 is 10.2 Å². The van der Waals surface area contributed by atoms with Gasteiger partial charge in [0.1, 0.15) is 0 Å². The molecule has 0 saturated carbocycles. The summed E-state index contributed by atoms with van der Waals surface area (Å²) in [5, 5.41) is 3.19. The number of aryl methyl sites for hydroxylation is 2. The van der Waals surface area contributed by atoms with Crippen molar-refractivity contribution in [3.8, 4) is 0 Å². The molecular formula is C18H21ClN2O. The first kappa shape index (κ1) is 16.4. The van der Waals surface area contributed by atoms with Crippen LogP contribution in [0.15, 0.2) is 48.5 Å². The first-order valence-electron chi connectivity index (χ1n) is 7.43. The highest BCUT2D eigenvalue weighted by molar-refractivity contribution is 5.97. The lowest BCUT2D eigenvalue weighted by molar-refractivity contribution is -0.117. The average Bonchev–Trinajstić information content (AvgIpc) is 2.52. The van der Waals surface area contributed by atoms with E-state index in [1.54, 1.807) is 0 Å². The number of fused-ring (bicyclic) bond motifs is 1. The summed E-state index contributed by atoms with van der Waals surface area (Å²) in [6, 6.07) is 16.2. The molecule has 0 radical (unpaired) electrons. The molecule has 4 heteroatoms. The number of hydrogen-bond donors (Lipinski definition) is 1. The normalized spacial score (nSPS) is 13.0. The summed E-state index contributed by atoms with van der Waals surface area (Å²) in [5.41, 5.74) is 4.60. The van der Waals surface area contributed by atoms with Gasteiger partial charge in [0.2, 0.25) is 5.91 Å². The minimum atomic E-state index is 0. The quantitative estimate of drug-likeness (QED) is 0.934. The van der Waals surface area contributed by atoms with Crippen LogP contribution in [0.5, 0.6) is 0 Å². The van der Waals surface area contributed by atoms with Crippen LogP contribution < -0.4 is 10.2 Å². The van der Waals surface area contributed by atoms with Gasteiger partial charge in [-0.3, -0.25) is 4.79 Å². The lowest BCUT2D eigenvalue weighted by Crippen LogP contribution is -2.39. The zero-order valence-corrected chi connectivity index (χ0v) is 13.5. The molecule has 1 aliphatic rings. The fourth-order valence-electron chi connectivity index (χ4n) is 2.81.